The van der Waals surface area contributed by atoms with Gasteiger partial charge in [0, 0.05) is 25.2 Å². The van der Waals surface area contributed by atoms with Crippen LogP contribution in [0.25, 0.3) is 0 Å². The minimum Gasteiger partial charge on any atom is -0.465 e. The first kappa shape index (κ1) is 18.0. The molecule has 2 amide bonds. The van der Waals surface area contributed by atoms with Crippen molar-refractivity contribution in [2.24, 2.45) is 11.8 Å². The van der Waals surface area contributed by atoms with E-state index in [1.165, 1.54) is 7.11 Å². The molecule has 0 aromatic heterocycles. The maximum atomic E-state index is 12.4. The molecule has 1 fully saturated rings. The van der Waals surface area contributed by atoms with Crippen LogP contribution in [0.3, 0.4) is 0 Å². The number of hydrogen-bond donors (Lipinski definition) is 1. The van der Waals surface area contributed by atoms with E-state index < -0.39 is 5.97 Å². The fraction of sp³-hybridized carbons (Fsp3) is 0.500. The quantitative estimate of drug-likeness (QED) is 0.811. The first-order valence-corrected chi connectivity index (χ1v) is 8.17. The molecule has 24 heavy (non-hydrogen) atoms. The number of nitrogens with zero attached hydrogens (tertiary/aromatic N) is 1. The van der Waals surface area contributed by atoms with Crippen LogP contribution >= 0.6 is 0 Å². The number of likely N-dealkylation sites (tertiary alicyclic amines) is 1. The molecule has 2 rings (SSSR count). The number of ether oxygens (including phenoxy) is 1. The standard InChI is InChI=1S/C18H24N2O4/c1-12(2)7-8-20-11-14(10-16(20)21)17(22)19-15-6-4-5-13(9-15)18(23)24-3/h4-6,9,12,14H,7-8,10-11H2,1-3H3,(H,19,22). The molecule has 1 heterocycles. The van der Waals surface area contributed by atoms with Crippen molar-refractivity contribution in [2.75, 3.05) is 25.5 Å². The Morgan fingerprint density at radius 2 is 2.12 bits per heavy atom. The third kappa shape index (κ3) is 4.57. The summed E-state index contributed by atoms with van der Waals surface area (Å²) in [6, 6.07) is 6.57. The largest absolute Gasteiger partial charge is 0.465 e. The zero-order chi connectivity index (χ0) is 17.7. The second-order valence-corrected chi connectivity index (χ2v) is 6.48. The molecule has 0 aliphatic carbocycles. The monoisotopic (exact) mass is 332 g/mol. The number of carbonyl (C=O) groups excluding carboxylic acids is 3. The van der Waals surface area contributed by atoms with Gasteiger partial charge >= 0.3 is 5.97 Å². The van der Waals surface area contributed by atoms with Crippen molar-refractivity contribution < 1.29 is 19.1 Å². The summed E-state index contributed by atoms with van der Waals surface area (Å²) >= 11 is 0. The summed E-state index contributed by atoms with van der Waals surface area (Å²) in [7, 11) is 1.31. The van der Waals surface area contributed by atoms with Crippen molar-refractivity contribution in [1.29, 1.82) is 0 Å². The molecule has 1 N–H and O–H groups in total. The van der Waals surface area contributed by atoms with Gasteiger partial charge in [-0.2, -0.15) is 0 Å². The third-order valence-corrected chi connectivity index (χ3v) is 4.11. The lowest BCUT2D eigenvalue weighted by molar-refractivity contribution is -0.128. The van der Waals surface area contributed by atoms with Gasteiger partial charge in [0.25, 0.3) is 0 Å². The smallest absolute Gasteiger partial charge is 0.337 e. The van der Waals surface area contributed by atoms with Crippen molar-refractivity contribution in [1.82, 2.24) is 4.90 Å². The Labute approximate surface area is 142 Å². The summed E-state index contributed by atoms with van der Waals surface area (Å²) in [5.41, 5.74) is 0.896. The van der Waals surface area contributed by atoms with Crippen LogP contribution < -0.4 is 5.32 Å². The average Bonchev–Trinajstić information content (AvgIpc) is 2.93. The fourth-order valence-electron chi connectivity index (χ4n) is 2.66. The highest BCUT2D eigenvalue weighted by atomic mass is 16.5. The van der Waals surface area contributed by atoms with E-state index in [0.717, 1.165) is 6.42 Å². The predicted octanol–water partition coefficient (Wildman–Crippen LogP) is 2.31. The van der Waals surface area contributed by atoms with Crippen LogP contribution in [-0.2, 0) is 14.3 Å². The molecule has 0 radical (unpaired) electrons. The van der Waals surface area contributed by atoms with Crippen molar-refractivity contribution in [3.63, 3.8) is 0 Å². The Morgan fingerprint density at radius 3 is 2.79 bits per heavy atom. The zero-order valence-corrected chi connectivity index (χ0v) is 14.4. The molecule has 1 aromatic carbocycles. The highest BCUT2D eigenvalue weighted by molar-refractivity contribution is 5.98. The summed E-state index contributed by atoms with van der Waals surface area (Å²) in [5, 5.41) is 2.78. The molecule has 1 aliphatic heterocycles. The number of nitrogens with one attached hydrogen (secondary N) is 1. The van der Waals surface area contributed by atoms with Crippen molar-refractivity contribution in [3.05, 3.63) is 29.8 Å². The second-order valence-electron chi connectivity index (χ2n) is 6.48. The Kier molecular flexibility index (Phi) is 5.95. The lowest BCUT2D eigenvalue weighted by atomic mass is 10.1. The molecule has 1 atom stereocenters. The van der Waals surface area contributed by atoms with Gasteiger partial charge in [-0.25, -0.2) is 4.79 Å². The number of rotatable bonds is 6. The average molecular weight is 332 g/mol. The Morgan fingerprint density at radius 1 is 1.38 bits per heavy atom. The maximum Gasteiger partial charge on any atom is 0.337 e. The van der Waals surface area contributed by atoms with Gasteiger partial charge in [-0.15, -0.1) is 0 Å². The van der Waals surface area contributed by atoms with Gasteiger partial charge in [-0.05, 0) is 30.5 Å². The van der Waals surface area contributed by atoms with Gasteiger partial charge in [0.15, 0.2) is 0 Å². The van der Waals surface area contributed by atoms with Crippen molar-refractivity contribution in [3.8, 4) is 0 Å². The van der Waals surface area contributed by atoms with Crippen LogP contribution in [0.4, 0.5) is 5.69 Å². The van der Waals surface area contributed by atoms with E-state index in [1.54, 1.807) is 29.2 Å². The highest BCUT2D eigenvalue weighted by Crippen LogP contribution is 2.21. The molecule has 6 heteroatoms. The Balaban J connectivity index is 1.96. The fourth-order valence-corrected chi connectivity index (χ4v) is 2.66. The van der Waals surface area contributed by atoms with Gasteiger partial charge in [0.1, 0.15) is 0 Å². The molecule has 0 saturated carbocycles. The lowest BCUT2D eigenvalue weighted by Crippen LogP contribution is -2.29. The Hall–Kier alpha value is -2.37. The lowest BCUT2D eigenvalue weighted by Gasteiger charge is -2.17. The van der Waals surface area contributed by atoms with E-state index in [2.05, 4.69) is 23.9 Å². The van der Waals surface area contributed by atoms with Crippen LogP contribution in [0.15, 0.2) is 24.3 Å². The minimum atomic E-state index is -0.456. The number of anilines is 1. The van der Waals surface area contributed by atoms with E-state index in [1.807, 2.05) is 0 Å². The molecule has 0 bridgehead atoms. The summed E-state index contributed by atoms with van der Waals surface area (Å²) in [5.74, 6) is -0.461. The summed E-state index contributed by atoms with van der Waals surface area (Å²) in [4.78, 5) is 37.7. The number of esters is 1. The molecule has 1 saturated heterocycles. The van der Waals surface area contributed by atoms with Crippen LogP contribution in [0.1, 0.15) is 37.0 Å². The first-order chi connectivity index (χ1) is 11.4. The molecule has 130 valence electrons. The third-order valence-electron chi connectivity index (χ3n) is 4.11. The van der Waals surface area contributed by atoms with Crippen LogP contribution in [0.2, 0.25) is 0 Å². The molecule has 1 unspecified atom stereocenters. The van der Waals surface area contributed by atoms with Gasteiger partial charge in [-0.3, -0.25) is 9.59 Å². The normalized spacial score (nSPS) is 17.2. The van der Waals surface area contributed by atoms with E-state index in [4.69, 9.17) is 0 Å². The molecule has 1 aliphatic rings. The summed E-state index contributed by atoms with van der Waals surface area (Å²) in [6.07, 6.45) is 1.17. The molecular formula is C18H24N2O4. The second kappa shape index (κ2) is 7.95. The molecule has 6 nitrogen and oxygen atoms in total. The molecular weight excluding hydrogens is 308 g/mol. The van der Waals surface area contributed by atoms with Crippen LogP contribution in [0, 0.1) is 11.8 Å². The van der Waals surface area contributed by atoms with E-state index in [9.17, 15) is 14.4 Å². The van der Waals surface area contributed by atoms with Gasteiger partial charge in [0.2, 0.25) is 11.8 Å². The zero-order valence-electron chi connectivity index (χ0n) is 14.4. The number of benzene rings is 1. The first-order valence-electron chi connectivity index (χ1n) is 8.17. The van der Waals surface area contributed by atoms with Crippen LogP contribution in [-0.4, -0.2) is 42.9 Å². The van der Waals surface area contributed by atoms with E-state index in [0.29, 0.717) is 30.3 Å². The van der Waals surface area contributed by atoms with Gasteiger partial charge in [-0.1, -0.05) is 19.9 Å². The number of methoxy groups -OCH3 is 1. The molecule has 0 spiro atoms. The Bertz CT molecular complexity index is 627. The number of hydrogen-bond acceptors (Lipinski definition) is 4. The van der Waals surface area contributed by atoms with E-state index in [-0.39, 0.29) is 24.2 Å². The highest BCUT2D eigenvalue weighted by Gasteiger charge is 2.34. The predicted molar refractivity (Wildman–Crippen MR) is 90.6 cm³/mol. The molecule has 1 aromatic rings. The number of amides is 2. The van der Waals surface area contributed by atoms with Crippen LogP contribution in [0.5, 0.6) is 0 Å². The minimum absolute atomic E-state index is 0.0270. The van der Waals surface area contributed by atoms with Crippen molar-refractivity contribution in [2.45, 2.75) is 26.7 Å². The summed E-state index contributed by atoms with van der Waals surface area (Å²) in [6.45, 7) is 5.37. The van der Waals surface area contributed by atoms with Crippen molar-refractivity contribution >= 4 is 23.5 Å². The van der Waals surface area contributed by atoms with Gasteiger partial charge in [0.05, 0.1) is 18.6 Å². The SMILES string of the molecule is COC(=O)c1cccc(NC(=O)C2CC(=O)N(CCC(C)C)C2)c1. The maximum absolute atomic E-state index is 12.4. The number of carbonyl (C=O) groups is 3. The topological polar surface area (TPSA) is 75.7 Å². The summed E-state index contributed by atoms with van der Waals surface area (Å²) < 4.78 is 4.67. The van der Waals surface area contributed by atoms with E-state index >= 15 is 0 Å². The van der Waals surface area contributed by atoms with Gasteiger partial charge < -0.3 is 15.0 Å².